The summed E-state index contributed by atoms with van der Waals surface area (Å²) >= 11 is 0. The highest BCUT2D eigenvalue weighted by molar-refractivity contribution is 5.78. The second-order valence-electron chi connectivity index (χ2n) is 4.78. The maximum absolute atomic E-state index is 11.2. The van der Waals surface area contributed by atoms with Gasteiger partial charge in [0, 0.05) is 6.54 Å². The van der Waals surface area contributed by atoms with E-state index in [1.165, 1.54) is 38.5 Å². The molecule has 0 fully saturated rings. The van der Waals surface area contributed by atoms with Crippen molar-refractivity contribution in [2.75, 3.05) is 19.8 Å². The summed E-state index contributed by atoms with van der Waals surface area (Å²) in [5, 5.41) is 2.75. The lowest BCUT2D eigenvalue weighted by atomic mass is 10.1. The van der Waals surface area contributed by atoms with Gasteiger partial charge in [-0.05, 0) is 6.42 Å². The van der Waals surface area contributed by atoms with E-state index in [1.807, 2.05) is 0 Å². The minimum atomic E-state index is -0.559. The molecule has 0 aliphatic rings. The van der Waals surface area contributed by atoms with Gasteiger partial charge < -0.3 is 15.8 Å². The molecule has 112 valence electrons. The molecular weight excluding hydrogens is 244 g/mol. The molecule has 0 radical (unpaired) electrons. The minimum Gasteiger partial charge on any atom is -0.368 e. The van der Waals surface area contributed by atoms with E-state index in [0.29, 0.717) is 6.54 Å². The molecule has 0 aromatic rings. The van der Waals surface area contributed by atoms with Gasteiger partial charge in [0.1, 0.15) is 13.2 Å². The van der Waals surface area contributed by atoms with Crippen molar-refractivity contribution in [3.05, 3.63) is 0 Å². The molecule has 0 aliphatic carbocycles. The average Bonchev–Trinajstić information content (AvgIpc) is 2.36. The van der Waals surface area contributed by atoms with Gasteiger partial charge in [-0.2, -0.15) is 0 Å². The van der Waals surface area contributed by atoms with Gasteiger partial charge >= 0.3 is 0 Å². The lowest BCUT2D eigenvalue weighted by Gasteiger charge is -2.05. The number of nitrogens with two attached hydrogens (primary N) is 1. The number of hydrogen-bond acceptors (Lipinski definition) is 3. The van der Waals surface area contributed by atoms with Crippen molar-refractivity contribution in [3.8, 4) is 0 Å². The first-order valence-corrected chi connectivity index (χ1v) is 7.29. The average molecular weight is 272 g/mol. The van der Waals surface area contributed by atoms with Crippen LogP contribution >= 0.6 is 0 Å². The first-order chi connectivity index (χ1) is 9.16. The summed E-state index contributed by atoms with van der Waals surface area (Å²) in [7, 11) is 0. The largest absolute Gasteiger partial charge is 0.368 e. The van der Waals surface area contributed by atoms with E-state index in [0.717, 1.165) is 12.8 Å². The molecule has 0 saturated carbocycles. The third kappa shape index (κ3) is 14.8. The molecule has 5 nitrogen and oxygen atoms in total. The van der Waals surface area contributed by atoms with Crippen molar-refractivity contribution < 1.29 is 14.3 Å². The molecule has 0 unspecified atom stereocenters. The smallest absolute Gasteiger partial charge is 0.246 e. The van der Waals surface area contributed by atoms with Gasteiger partial charge in [0.05, 0.1) is 0 Å². The van der Waals surface area contributed by atoms with E-state index in [9.17, 15) is 9.59 Å². The summed E-state index contributed by atoms with van der Waals surface area (Å²) in [6.45, 7) is 2.59. The molecule has 0 heterocycles. The van der Waals surface area contributed by atoms with E-state index >= 15 is 0 Å². The Morgan fingerprint density at radius 3 is 2.11 bits per heavy atom. The SMILES string of the molecule is CCCCCCCCCCNC(=O)COCC(N)=O. The standard InChI is InChI=1S/C14H28N2O3/c1-2-3-4-5-6-7-8-9-10-16-14(18)12-19-11-13(15)17/h2-12H2,1H3,(H2,15,17)(H,16,18). The summed E-state index contributed by atoms with van der Waals surface area (Å²) < 4.78 is 4.80. The van der Waals surface area contributed by atoms with Crippen LogP contribution in [-0.4, -0.2) is 31.6 Å². The van der Waals surface area contributed by atoms with Gasteiger partial charge in [0.2, 0.25) is 11.8 Å². The van der Waals surface area contributed by atoms with Crippen LogP contribution in [0.5, 0.6) is 0 Å². The third-order valence-corrected chi connectivity index (χ3v) is 2.83. The highest BCUT2D eigenvalue weighted by atomic mass is 16.5. The summed E-state index contributed by atoms with van der Waals surface area (Å²) in [6.07, 6.45) is 9.94. The van der Waals surface area contributed by atoms with Gasteiger partial charge in [-0.1, -0.05) is 51.9 Å². The fourth-order valence-corrected chi connectivity index (χ4v) is 1.78. The number of rotatable bonds is 13. The Kier molecular flexibility index (Phi) is 12.6. The predicted octanol–water partition coefficient (Wildman–Crippen LogP) is 1.75. The number of carbonyl (C=O) groups is 2. The summed E-state index contributed by atoms with van der Waals surface area (Å²) in [5.74, 6) is -0.750. The van der Waals surface area contributed by atoms with Crippen LogP contribution < -0.4 is 11.1 Å². The normalized spacial score (nSPS) is 10.4. The molecule has 19 heavy (non-hydrogen) atoms. The van der Waals surface area contributed by atoms with Crippen molar-refractivity contribution >= 4 is 11.8 Å². The maximum atomic E-state index is 11.2. The number of hydrogen-bond donors (Lipinski definition) is 2. The summed E-state index contributed by atoms with van der Waals surface area (Å²) in [5.41, 5.74) is 4.88. The molecule has 0 atom stereocenters. The third-order valence-electron chi connectivity index (χ3n) is 2.83. The van der Waals surface area contributed by atoms with Crippen LogP contribution in [0.15, 0.2) is 0 Å². The van der Waals surface area contributed by atoms with E-state index < -0.39 is 5.91 Å². The van der Waals surface area contributed by atoms with Crippen molar-refractivity contribution in [2.45, 2.75) is 58.3 Å². The molecular formula is C14H28N2O3. The van der Waals surface area contributed by atoms with Crippen LogP contribution in [-0.2, 0) is 14.3 Å². The molecule has 3 N–H and O–H groups in total. The molecule has 0 bridgehead atoms. The number of unbranched alkanes of at least 4 members (excludes halogenated alkanes) is 7. The number of carbonyl (C=O) groups excluding carboxylic acids is 2. The lowest BCUT2D eigenvalue weighted by molar-refractivity contribution is -0.129. The van der Waals surface area contributed by atoms with E-state index in [-0.39, 0.29) is 19.1 Å². The first kappa shape index (κ1) is 17.9. The van der Waals surface area contributed by atoms with E-state index in [1.54, 1.807) is 0 Å². The highest BCUT2D eigenvalue weighted by Gasteiger charge is 2.01. The van der Waals surface area contributed by atoms with E-state index in [4.69, 9.17) is 10.5 Å². The van der Waals surface area contributed by atoms with Gasteiger partial charge in [0.25, 0.3) is 0 Å². The summed E-state index contributed by atoms with van der Waals surface area (Å²) in [4.78, 5) is 21.6. The highest BCUT2D eigenvalue weighted by Crippen LogP contribution is 2.07. The Morgan fingerprint density at radius 2 is 1.53 bits per heavy atom. The van der Waals surface area contributed by atoms with Gasteiger partial charge in [-0.15, -0.1) is 0 Å². The Hall–Kier alpha value is -1.10. The van der Waals surface area contributed by atoms with Crippen molar-refractivity contribution in [1.29, 1.82) is 0 Å². The Bertz CT molecular complexity index is 245. The van der Waals surface area contributed by atoms with Crippen LogP contribution in [0.3, 0.4) is 0 Å². The fraction of sp³-hybridized carbons (Fsp3) is 0.857. The molecule has 0 aromatic carbocycles. The molecule has 0 saturated heterocycles. The Morgan fingerprint density at radius 1 is 0.947 bits per heavy atom. The number of primary amides is 1. The van der Waals surface area contributed by atoms with E-state index in [2.05, 4.69) is 12.2 Å². The summed E-state index contributed by atoms with van der Waals surface area (Å²) in [6, 6.07) is 0. The second-order valence-corrected chi connectivity index (χ2v) is 4.78. The molecule has 0 rings (SSSR count). The number of ether oxygens (including phenoxy) is 1. The quantitative estimate of drug-likeness (QED) is 0.501. The van der Waals surface area contributed by atoms with Crippen molar-refractivity contribution in [1.82, 2.24) is 5.32 Å². The molecule has 0 aliphatic heterocycles. The van der Waals surface area contributed by atoms with Crippen LogP contribution in [0.25, 0.3) is 0 Å². The van der Waals surface area contributed by atoms with Gasteiger partial charge in [-0.25, -0.2) is 0 Å². The molecule has 0 spiro atoms. The van der Waals surface area contributed by atoms with Crippen molar-refractivity contribution in [3.63, 3.8) is 0 Å². The maximum Gasteiger partial charge on any atom is 0.246 e. The van der Waals surface area contributed by atoms with Crippen LogP contribution in [0.1, 0.15) is 58.3 Å². The fourth-order valence-electron chi connectivity index (χ4n) is 1.78. The minimum absolute atomic E-state index is 0.0973. The Labute approximate surface area is 116 Å². The Balaban J connectivity index is 3.16. The monoisotopic (exact) mass is 272 g/mol. The molecule has 0 aromatic heterocycles. The van der Waals surface area contributed by atoms with Crippen LogP contribution in [0.2, 0.25) is 0 Å². The van der Waals surface area contributed by atoms with Crippen molar-refractivity contribution in [2.24, 2.45) is 5.73 Å². The topological polar surface area (TPSA) is 81.4 Å². The van der Waals surface area contributed by atoms with Crippen LogP contribution in [0.4, 0.5) is 0 Å². The van der Waals surface area contributed by atoms with Crippen LogP contribution in [0, 0.1) is 0 Å². The predicted molar refractivity (Wildman–Crippen MR) is 75.6 cm³/mol. The number of amides is 2. The zero-order valence-electron chi connectivity index (χ0n) is 12.1. The lowest BCUT2D eigenvalue weighted by Crippen LogP contribution is -2.30. The molecule has 5 heteroatoms. The second kappa shape index (κ2) is 13.3. The molecule has 2 amide bonds. The zero-order chi connectivity index (χ0) is 14.3. The zero-order valence-corrected chi connectivity index (χ0v) is 12.1. The van der Waals surface area contributed by atoms with Gasteiger partial charge in [-0.3, -0.25) is 9.59 Å². The number of nitrogens with one attached hydrogen (secondary N) is 1. The van der Waals surface area contributed by atoms with Gasteiger partial charge in [0.15, 0.2) is 0 Å². The first-order valence-electron chi connectivity index (χ1n) is 7.29.